The zero-order chi connectivity index (χ0) is 23.9. The smallest absolute Gasteiger partial charge is 0.261 e. The van der Waals surface area contributed by atoms with Gasteiger partial charge in [-0.2, -0.15) is 5.10 Å². The molecule has 0 bridgehead atoms. The number of amides is 2. The second-order valence-electron chi connectivity index (χ2n) is 8.91. The van der Waals surface area contributed by atoms with E-state index >= 15 is 0 Å². The molecular weight excluding hydrogens is 455 g/mol. The number of alkyl halides is 1. The first-order valence-corrected chi connectivity index (χ1v) is 11.7. The van der Waals surface area contributed by atoms with Crippen LogP contribution < -0.4 is 10.2 Å². The maximum absolute atomic E-state index is 14.6. The van der Waals surface area contributed by atoms with E-state index in [1.807, 2.05) is 12.1 Å². The van der Waals surface area contributed by atoms with E-state index in [1.165, 1.54) is 10.7 Å². The molecule has 1 N–H and O–H groups in total. The van der Waals surface area contributed by atoms with Crippen LogP contribution in [0, 0.1) is 0 Å². The van der Waals surface area contributed by atoms with E-state index in [-0.39, 0.29) is 18.4 Å². The molecule has 2 unspecified atom stereocenters. The molecule has 2 fully saturated rings. The SMILES string of the molecule is O=C(Nc1cc2c(cc1N1CCOCC1)C(=O)N(C1CCOCC1F)C2)c1cnn2cccnc12. The summed E-state index contributed by atoms with van der Waals surface area (Å²) < 4.78 is 26.8. The van der Waals surface area contributed by atoms with Crippen LogP contribution in [0.4, 0.5) is 15.8 Å². The van der Waals surface area contributed by atoms with Crippen LogP contribution in [0.2, 0.25) is 0 Å². The Kier molecular flexibility index (Phi) is 5.57. The minimum atomic E-state index is -1.22. The number of carbonyl (C=O) groups excluding carboxylic acids is 2. The van der Waals surface area contributed by atoms with Gasteiger partial charge in [0.1, 0.15) is 11.7 Å². The van der Waals surface area contributed by atoms with Gasteiger partial charge in [-0.25, -0.2) is 13.9 Å². The average molecular weight is 481 g/mol. The first-order chi connectivity index (χ1) is 17.1. The van der Waals surface area contributed by atoms with Crippen LogP contribution >= 0.6 is 0 Å². The number of anilines is 2. The second kappa shape index (κ2) is 8.90. The fourth-order valence-electron chi connectivity index (χ4n) is 5.03. The highest BCUT2D eigenvalue weighted by atomic mass is 19.1. The van der Waals surface area contributed by atoms with E-state index in [1.54, 1.807) is 23.4 Å². The molecule has 2 atom stereocenters. The Bertz CT molecular complexity index is 1290. The standard InChI is InChI=1S/C24H25FN6O4/c25-18-14-35-7-2-20(18)30-13-15-10-19(21(11-16(15)24(30)33)29-5-8-34-9-6-29)28-23(32)17-12-27-31-4-1-3-26-22(17)31/h1,3-4,10-12,18,20H,2,5-9,13-14H2,(H,28,32). The number of carbonyl (C=O) groups is 2. The van der Waals surface area contributed by atoms with E-state index in [2.05, 4.69) is 20.3 Å². The number of ether oxygens (including phenoxy) is 2. The number of benzene rings is 1. The lowest BCUT2D eigenvalue weighted by Gasteiger charge is -2.33. The molecule has 0 spiro atoms. The van der Waals surface area contributed by atoms with E-state index in [0.29, 0.717) is 68.3 Å². The van der Waals surface area contributed by atoms with Crippen molar-refractivity contribution in [2.45, 2.75) is 25.2 Å². The van der Waals surface area contributed by atoms with E-state index < -0.39 is 12.2 Å². The third-order valence-corrected chi connectivity index (χ3v) is 6.83. The van der Waals surface area contributed by atoms with Gasteiger partial charge in [0.15, 0.2) is 5.65 Å². The van der Waals surface area contributed by atoms with Crippen LogP contribution in [0.15, 0.2) is 36.8 Å². The third kappa shape index (κ3) is 3.90. The van der Waals surface area contributed by atoms with Gasteiger partial charge in [0.2, 0.25) is 0 Å². The summed E-state index contributed by atoms with van der Waals surface area (Å²) in [5.74, 6) is -0.531. The molecule has 0 saturated carbocycles. The molecule has 3 aromatic rings. The number of nitrogens with zero attached hydrogens (tertiary/aromatic N) is 5. The summed E-state index contributed by atoms with van der Waals surface area (Å²) in [6.07, 6.45) is 4.06. The summed E-state index contributed by atoms with van der Waals surface area (Å²) in [5.41, 5.74) is 3.43. The molecule has 1 aromatic carbocycles. The van der Waals surface area contributed by atoms with Gasteiger partial charge in [-0.3, -0.25) is 9.59 Å². The van der Waals surface area contributed by atoms with Crippen molar-refractivity contribution < 1.29 is 23.5 Å². The Morgan fingerprint density at radius 3 is 2.86 bits per heavy atom. The van der Waals surface area contributed by atoms with Crippen molar-refractivity contribution >= 4 is 28.8 Å². The van der Waals surface area contributed by atoms with Crippen LogP contribution in [0.1, 0.15) is 32.7 Å². The Hall–Kier alpha value is -3.57. The first-order valence-electron chi connectivity index (χ1n) is 11.7. The van der Waals surface area contributed by atoms with Gasteiger partial charge >= 0.3 is 0 Å². The zero-order valence-electron chi connectivity index (χ0n) is 19.0. The molecule has 6 rings (SSSR count). The maximum atomic E-state index is 14.6. The second-order valence-corrected chi connectivity index (χ2v) is 8.91. The summed E-state index contributed by atoms with van der Waals surface area (Å²) in [5, 5.41) is 7.21. The van der Waals surface area contributed by atoms with Crippen LogP contribution in [-0.2, 0) is 16.0 Å². The quantitative estimate of drug-likeness (QED) is 0.609. The van der Waals surface area contributed by atoms with Gasteiger partial charge in [0, 0.05) is 44.2 Å². The maximum Gasteiger partial charge on any atom is 0.261 e. The van der Waals surface area contributed by atoms with Crippen molar-refractivity contribution in [3.8, 4) is 0 Å². The highest BCUT2D eigenvalue weighted by molar-refractivity contribution is 6.10. The number of aromatic nitrogens is 3. The molecule has 2 amide bonds. The molecule has 3 aliphatic rings. The Morgan fingerprint density at radius 2 is 2.03 bits per heavy atom. The molecule has 0 aliphatic carbocycles. The number of halogens is 1. The predicted octanol–water partition coefficient (Wildman–Crippen LogP) is 1.90. The Labute approximate surface area is 200 Å². The van der Waals surface area contributed by atoms with Gasteiger partial charge < -0.3 is 24.6 Å². The van der Waals surface area contributed by atoms with Crippen LogP contribution in [0.5, 0.6) is 0 Å². The molecule has 0 radical (unpaired) electrons. The van der Waals surface area contributed by atoms with Crippen molar-refractivity contribution in [3.63, 3.8) is 0 Å². The molecule has 3 aliphatic heterocycles. The summed E-state index contributed by atoms with van der Waals surface area (Å²) in [6, 6.07) is 4.88. The number of nitrogens with one attached hydrogen (secondary N) is 1. The third-order valence-electron chi connectivity index (χ3n) is 6.83. The number of hydrogen-bond donors (Lipinski definition) is 1. The number of morpholine rings is 1. The van der Waals surface area contributed by atoms with Crippen LogP contribution in [0.25, 0.3) is 5.65 Å². The van der Waals surface area contributed by atoms with Crippen molar-refractivity contribution in [3.05, 3.63) is 53.5 Å². The van der Waals surface area contributed by atoms with E-state index in [4.69, 9.17) is 9.47 Å². The highest BCUT2D eigenvalue weighted by Crippen LogP contribution is 2.37. The lowest BCUT2D eigenvalue weighted by atomic mass is 10.1. The molecule has 5 heterocycles. The Balaban J connectivity index is 1.35. The largest absolute Gasteiger partial charge is 0.378 e. The monoisotopic (exact) mass is 480 g/mol. The molecular formula is C24H25FN6O4. The zero-order valence-corrected chi connectivity index (χ0v) is 19.0. The number of hydrogen-bond acceptors (Lipinski definition) is 7. The fourth-order valence-corrected chi connectivity index (χ4v) is 5.03. The van der Waals surface area contributed by atoms with Crippen molar-refractivity contribution in [1.82, 2.24) is 19.5 Å². The molecule has 10 nitrogen and oxygen atoms in total. The van der Waals surface area contributed by atoms with Crippen molar-refractivity contribution in [2.75, 3.05) is 49.7 Å². The van der Waals surface area contributed by atoms with Crippen LogP contribution in [0.3, 0.4) is 0 Å². The van der Waals surface area contributed by atoms with Gasteiger partial charge in [0.05, 0.1) is 43.4 Å². The van der Waals surface area contributed by atoms with Crippen molar-refractivity contribution in [1.29, 1.82) is 0 Å². The summed E-state index contributed by atoms with van der Waals surface area (Å²) in [7, 11) is 0. The normalized spacial score (nSPS) is 22.5. The van der Waals surface area contributed by atoms with Gasteiger partial charge in [-0.05, 0) is 30.2 Å². The minimum Gasteiger partial charge on any atom is -0.378 e. The molecule has 2 saturated heterocycles. The molecule has 2 aromatic heterocycles. The predicted molar refractivity (Wildman–Crippen MR) is 124 cm³/mol. The first kappa shape index (κ1) is 21.9. The molecule has 11 heteroatoms. The summed E-state index contributed by atoms with van der Waals surface area (Å²) >= 11 is 0. The molecule has 182 valence electrons. The topological polar surface area (TPSA) is 101 Å². The Morgan fingerprint density at radius 1 is 1.17 bits per heavy atom. The van der Waals surface area contributed by atoms with Gasteiger partial charge in [-0.15, -0.1) is 0 Å². The number of rotatable bonds is 4. The summed E-state index contributed by atoms with van der Waals surface area (Å²) in [6.45, 7) is 3.08. The summed E-state index contributed by atoms with van der Waals surface area (Å²) in [4.78, 5) is 34.5. The lowest BCUT2D eigenvalue weighted by Crippen LogP contribution is -2.47. The molecule has 35 heavy (non-hydrogen) atoms. The van der Waals surface area contributed by atoms with E-state index in [0.717, 1.165) is 11.3 Å². The van der Waals surface area contributed by atoms with Crippen molar-refractivity contribution in [2.24, 2.45) is 0 Å². The van der Waals surface area contributed by atoms with Crippen LogP contribution in [-0.4, -0.2) is 83.0 Å². The van der Waals surface area contributed by atoms with Gasteiger partial charge in [0.25, 0.3) is 11.8 Å². The van der Waals surface area contributed by atoms with Gasteiger partial charge in [-0.1, -0.05) is 0 Å². The highest BCUT2D eigenvalue weighted by Gasteiger charge is 2.39. The average Bonchev–Trinajstić information content (AvgIpc) is 3.45. The minimum absolute atomic E-state index is 0.00118. The van der Waals surface area contributed by atoms with E-state index in [9.17, 15) is 14.0 Å². The lowest BCUT2D eigenvalue weighted by molar-refractivity contribution is -0.0216. The fraction of sp³-hybridized carbons (Fsp3) is 0.417. The number of fused-ring (bicyclic) bond motifs is 2.